The SMILES string of the molecule is C=C(/C=C\C=C/C)C(C)(C)C. The highest BCUT2D eigenvalue weighted by atomic mass is 14.2. The van der Waals surface area contributed by atoms with Gasteiger partial charge in [-0.1, -0.05) is 51.7 Å². The summed E-state index contributed by atoms with van der Waals surface area (Å²) in [7, 11) is 0. The Kier molecular flexibility index (Phi) is 3.88. The monoisotopic (exact) mass is 150 g/mol. The van der Waals surface area contributed by atoms with Gasteiger partial charge in [0.1, 0.15) is 0 Å². The lowest BCUT2D eigenvalue weighted by Gasteiger charge is -2.18. The first-order valence-electron chi connectivity index (χ1n) is 3.97. The molecule has 0 saturated carbocycles. The van der Waals surface area contributed by atoms with Gasteiger partial charge in [0.15, 0.2) is 0 Å². The molecule has 0 heteroatoms. The minimum absolute atomic E-state index is 0.193. The molecular formula is C11H18. The van der Waals surface area contributed by atoms with Crippen molar-refractivity contribution < 1.29 is 0 Å². The maximum Gasteiger partial charge on any atom is -0.0138 e. The standard InChI is InChI=1S/C11H18/c1-6-7-8-9-10(2)11(3,4)5/h6-9H,2H2,1,3-5H3/b7-6-,9-8-. The Bertz CT molecular complexity index is 175. The topological polar surface area (TPSA) is 0 Å². The maximum atomic E-state index is 3.98. The van der Waals surface area contributed by atoms with Crippen LogP contribution in [0.4, 0.5) is 0 Å². The van der Waals surface area contributed by atoms with Crippen LogP contribution in [0.1, 0.15) is 27.7 Å². The van der Waals surface area contributed by atoms with E-state index >= 15 is 0 Å². The Hall–Kier alpha value is -0.780. The fourth-order valence-corrected chi connectivity index (χ4v) is 0.533. The van der Waals surface area contributed by atoms with Crippen molar-refractivity contribution in [3.8, 4) is 0 Å². The van der Waals surface area contributed by atoms with Crippen LogP contribution in [0.5, 0.6) is 0 Å². The van der Waals surface area contributed by atoms with Crippen LogP contribution in [0.15, 0.2) is 36.5 Å². The third-order valence-electron chi connectivity index (χ3n) is 1.56. The molecule has 62 valence electrons. The lowest BCUT2D eigenvalue weighted by molar-refractivity contribution is 0.519. The summed E-state index contributed by atoms with van der Waals surface area (Å²) < 4.78 is 0. The second kappa shape index (κ2) is 4.17. The molecule has 0 bridgehead atoms. The number of rotatable bonds is 2. The highest BCUT2D eigenvalue weighted by Crippen LogP contribution is 2.23. The van der Waals surface area contributed by atoms with Gasteiger partial charge >= 0.3 is 0 Å². The van der Waals surface area contributed by atoms with E-state index in [1.165, 1.54) is 0 Å². The molecule has 0 aromatic carbocycles. The van der Waals surface area contributed by atoms with Crippen LogP contribution in [-0.2, 0) is 0 Å². The number of hydrogen-bond acceptors (Lipinski definition) is 0. The van der Waals surface area contributed by atoms with Gasteiger partial charge in [-0.3, -0.25) is 0 Å². The first-order chi connectivity index (χ1) is 4.98. The predicted octanol–water partition coefficient (Wildman–Crippen LogP) is 3.72. The molecule has 0 rings (SSSR count). The van der Waals surface area contributed by atoms with Crippen LogP contribution < -0.4 is 0 Å². The van der Waals surface area contributed by atoms with E-state index in [4.69, 9.17) is 0 Å². The molecule has 0 amide bonds. The van der Waals surface area contributed by atoms with Crippen molar-refractivity contribution in [1.82, 2.24) is 0 Å². The fourth-order valence-electron chi connectivity index (χ4n) is 0.533. The zero-order chi connectivity index (χ0) is 8.91. The third-order valence-corrected chi connectivity index (χ3v) is 1.56. The smallest absolute Gasteiger partial charge is 0.0138 e. The number of hydrogen-bond donors (Lipinski definition) is 0. The molecule has 0 heterocycles. The van der Waals surface area contributed by atoms with E-state index in [2.05, 4.69) is 33.4 Å². The van der Waals surface area contributed by atoms with Crippen LogP contribution in [-0.4, -0.2) is 0 Å². The molecule has 0 nitrogen and oxygen atoms in total. The molecule has 0 aliphatic rings. The predicted molar refractivity (Wildman–Crippen MR) is 52.5 cm³/mol. The maximum absolute atomic E-state index is 3.98. The fraction of sp³-hybridized carbons (Fsp3) is 0.455. The van der Waals surface area contributed by atoms with Crippen LogP contribution in [0.2, 0.25) is 0 Å². The second-order valence-electron chi connectivity index (χ2n) is 3.66. The van der Waals surface area contributed by atoms with Crippen molar-refractivity contribution in [3.05, 3.63) is 36.5 Å². The zero-order valence-electron chi connectivity index (χ0n) is 8.02. The van der Waals surface area contributed by atoms with E-state index in [1.54, 1.807) is 0 Å². The summed E-state index contributed by atoms with van der Waals surface area (Å²) in [5, 5.41) is 0. The molecule has 0 aliphatic carbocycles. The van der Waals surface area contributed by atoms with E-state index in [-0.39, 0.29) is 5.41 Å². The molecule has 0 spiro atoms. The summed E-state index contributed by atoms with van der Waals surface area (Å²) in [6, 6.07) is 0. The average Bonchev–Trinajstić information content (AvgIpc) is 1.86. The minimum atomic E-state index is 0.193. The van der Waals surface area contributed by atoms with Crippen LogP contribution >= 0.6 is 0 Å². The van der Waals surface area contributed by atoms with Crippen molar-refractivity contribution in [1.29, 1.82) is 0 Å². The van der Waals surface area contributed by atoms with Gasteiger partial charge in [-0.05, 0) is 17.9 Å². The molecule has 0 saturated heterocycles. The average molecular weight is 150 g/mol. The van der Waals surface area contributed by atoms with Crippen molar-refractivity contribution in [2.45, 2.75) is 27.7 Å². The van der Waals surface area contributed by atoms with Gasteiger partial charge in [0.2, 0.25) is 0 Å². The molecule has 0 unspecified atom stereocenters. The van der Waals surface area contributed by atoms with Crippen molar-refractivity contribution in [2.75, 3.05) is 0 Å². The summed E-state index contributed by atoms with van der Waals surface area (Å²) in [6.07, 6.45) is 8.09. The third kappa shape index (κ3) is 4.60. The van der Waals surface area contributed by atoms with E-state index in [0.717, 1.165) is 5.57 Å². The zero-order valence-corrected chi connectivity index (χ0v) is 8.02. The van der Waals surface area contributed by atoms with E-state index < -0.39 is 0 Å². The molecule has 0 N–H and O–H groups in total. The summed E-state index contributed by atoms with van der Waals surface area (Å²) >= 11 is 0. The summed E-state index contributed by atoms with van der Waals surface area (Å²) in [5.41, 5.74) is 1.36. The van der Waals surface area contributed by atoms with Gasteiger partial charge in [0.25, 0.3) is 0 Å². The minimum Gasteiger partial charge on any atom is -0.0953 e. The molecule has 0 radical (unpaired) electrons. The second-order valence-corrected chi connectivity index (χ2v) is 3.66. The normalized spacial score (nSPS) is 13.1. The molecule has 0 fully saturated rings. The molecular weight excluding hydrogens is 132 g/mol. The largest absolute Gasteiger partial charge is 0.0953 e. The van der Waals surface area contributed by atoms with Gasteiger partial charge in [-0.25, -0.2) is 0 Å². The molecule has 0 aromatic heterocycles. The van der Waals surface area contributed by atoms with Crippen LogP contribution in [0.25, 0.3) is 0 Å². The Morgan fingerprint density at radius 1 is 1.18 bits per heavy atom. The quantitative estimate of drug-likeness (QED) is 0.526. The Balaban J connectivity index is 4.08. The van der Waals surface area contributed by atoms with Gasteiger partial charge in [-0.15, -0.1) is 0 Å². The molecule has 0 atom stereocenters. The van der Waals surface area contributed by atoms with Crippen molar-refractivity contribution >= 4 is 0 Å². The Labute approximate surface area is 70.3 Å². The van der Waals surface area contributed by atoms with Crippen LogP contribution in [0.3, 0.4) is 0 Å². The summed E-state index contributed by atoms with van der Waals surface area (Å²) in [6.45, 7) is 12.5. The lowest BCUT2D eigenvalue weighted by Crippen LogP contribution is -2.05. The Morgan fingerprint density at radius 3 is 2.09 bits per heavy atom. The van der Waals surface area contributed by atoms with Gasteiger partial charge in [-0.2, -0.15) is 0 Å². The first-order valence-corrected chi connectivity index (χ1v) is 3.97. The van der Waals surface area contributed by atoms with Gasteiger partial charge < -0.3 is 0 Å². The van der Waals surface area contributed by atoms with E-state index in [9.17, 15) is 0 Å². The van der Waals surface area contributed by atoms with Crippen LogP contribution in [0, 0.1) is 5.41 Å². The molecule has 0 aromatic rings. The van der Waals surface area contributed by atoms with Gasteiger partial charge in [0.05, 0.1) is 0 Å². The van der Waals surface area contributed by atoms with Crippen molar-refractivity contribution in [3.63, 3.8) is 0 Å². The first kappa shape index (κ1) is 10.2. The Morgan fingerprint density at radius 2 is 1.73 bits per heavy atom. The lowest BCUT2D eigenvalue weighted by atomic mass is 9.87. The molecule has 11 heavy (non-hydrogen) atoms. The highest BCUT2D eigenvalue weighted by molar-refractivity contribution is 5.23. The van der Waals surface area contributed by atoms with Crippen molar-refractivity contribution in [2.24, 2.45) is 5.41 Å². The van der Waals surface area contributed by atoms with E-state index in [1.807, 2.05) is 25.2 Å². The highest BCUT2D eigenvalue weighted by Gasteiger charge is 2.10. The van der Waals surface area contributed by atoms with E-state index in [0.29, 0.717) is 0 Å². The summed E-state index contributed by atoms with van der Waals surface area (Å²) in [5.74, 6) is 0. The summed E-state index contributed by atoms with van der Waals surface area (Å²) in [4.78, 5) is 0. The number of allylic oxidation sites excluding steroid dienone is 5. The van der Waals surface area contributed by atoms with Gasteiger partial charge in [0, 0.05) is 0 Å². The molecule has 0 aliphatic heterocycles.